The van der Waals surface area contributed by atoms with Gasteiger partial charge in [-0.25, -0.2) is 0 Å². The van der Waals surface area contributed by atoms with Gasteiger partial charge in [-0.05, 0) is 12.8 Å². The quantitative estimate of drug-likeness (QED) is 0.314. The molecule has 1 fully saturated rings. The Labute approximate surface area is 116 Å². The van der Waals surface area contributed by atoms with Crippen LogP contribution in [0.1, 0.15) is 32.1 Å². The van der Waals surface area contributed by atoms with E-state index in [0.29, 0.717) is 0 Å². The molecule has 20 heavy (non-hydrogen) atoms. The number of hydrogen-bond donors (Lipinski definition) is 6. The maximum atomic E-state index is 11.7. The third-order valence-electron chi connectivity index (χ3n) is 3.51. The molecule has 0 spiro atoms. The minimum Gasteiger partial charge on any atom is -0.387 e. The zero-order valence-electron chi connectivity index (χ0n) is 11.1. The van der Waals surface area contributed by atoms with Gasteiger partial charge in [-0.15, -0.1) is 0 Å². The number of carbonyl (C=O) groups is 2. The maximum absolute atomic E-state index is 11.7. The van der Waals surface area contributed by atoms with E-state index in [2.05, 4.69) is 5.32 Å². The van der Waals surface area contributed by atoms with Crippen molar-refractivity contribution < 1.29 is 30.0 Å². The zero-order chi connectivity index (χ0) is 15.3. The molecule has 8 nitrogen and oxygen atoms in total. The van der Waals surface area contributed by atoms with E-state index >= 15 is 0 Å². The van der Waals surface area contributed by atoms with Crippen LogP contribution in [0.4, 0.5) is 0 Å². The molecule has 0 saturated heterocycles. The predicted octanol–water partition coefficient (Wildman–Crippen LogP) is -2.64. The normalized spacial score (nSPS) is 22.6. The summed E-state index contributed by atoms with van der Waals surface area (Å²) in [5, 5.41) is 40.4. The van der Waals surface area contributed by atoms with Gasteiger partial charge >= 0.3 is 0 Å². The molecule has 7 N–H and O–H groups in total. The van der Waals surface area contributed by atoms with Gasteiger partial charge in [0, 0.05) is 6.04 Å². The molecule has 0 bridgehead atoms. The molecule has 1 aliphatic rings. The molecule has 0 radical (unpaired) electrons. The fourth-order valence-corrected chi connectivity index (χ4v) is 2.23. The number of primary amides is 1. The Morgan fingerprint density at radius 2 is 1.45 bits per heavy atom. The van der Waals surface area contributed by atoms with Crippen molar-refractivity contribution in [2.24, 2.45) is 5.73 Å². The molecule has 0 unspecified atom stereocenters. The number of nitrogens with one attached hydrogen (secondary N) is 1. The van der Waals surface area contributed by atoms with Crippen LogP contribution in [0.15, 0.2) is 0 Å². The summed E-state index contributed by atoms with van der Waals surface area (Å²) in [6.45, 7) is 0. The van der Waals surface area contributed by atoms with Gasteiger partial charge in [-0.1, -0.05) is 19.3 Å². The first kappa shape index (κ1) is 16.8. The lowest BCUT2D eigenvalue weighted by molar-refractivity contribution is -0.154. The highest BCUT2D eigenvalue weighted by molar-refractivity contribution is 5.82. The SMILES string of the molecule is NC(=O)[C@@H](O)[C@@H](O)[C@H](O)[C@@H](O)C(=O)NC1CCCCC1. The van der Waals surface area contributed by atoms with Crippen LogP contribution in [0.25, 0.3) is 0 Å². The largest absolute Gasteiger partial charge is 0.387 e. The van der Waals surface area contributed by atoms with Crippen LogP contribution in [0.5, 0.6) is 0 Å². The van der Waals surface area contributed by atoms with E-state index in [0.717, 1.165) is 32.1 Å². The highest BCUT2D eigenvalue weighted by Gasteiger charge is 2.37. The molecule has 0 aromatic carbocycles. The molecule has 8 heteroatoms. The summed E-state index contributed by atoms with van der Waals surface area (Å²) >= 11 is 0. The minimum atomic E-state index is -2.05. The minimum absolute atomic E-state index is 0.0729. The first-order chi connectivity index (χ1) is 9.34. The average molecular weight is 290 g/mol. The number of amides is 2. The Morgan fingerprint density at radius 1 is 0.950 bits per heavy atom. The second kappa shape index (κ2) is 7.53. The maximum Gasteiger partial charge on any atom is 0.251 e. The summed E-state index contributed by atoms with van der Waals surface area (Å²) < 4.78 is 0. The predicted molar refractivity (Wildman–Crippen MR) is 68.2 cm³/mol. The van der Waals surface area contributed by atoms with Crippen LogP contribution < -0.4 is 11.1 Å². The van der Waals surface area contributed by atoms with Crippen LogP contribution >= 0.6 is 0 Å². The van der Waals surface area contributed by atoms with Crippen molar-refractivity contribution in [2.75, 3.05) is 0 Å². The van der Waals surface area contributed by atoms with E-state index < -0.39 is 36.2 Å². The third kappa shape index (κ3) is 4.41. The van der Waals surface area contributed by atoms with E-state index in [-0.39, 0.29) is 6.04 Å². The van der Waals surface area contributed by atoms with Crippen molar-refractivity contribution >= 4 is 11.8 Å². The van der Waals surface area contributed by atoms with Crippen molar-refractivity contribution in [3.63, 3.8) is 0 Å². The van der Waals surface area contributed by atoms with E-state index in [1.54, 1.807) is 0 Å². The Kier molecular flexibility index (Phi) is 6.34. The first-order valence-corrected chi connectivity index (χ1v) is 6.66. The lowest BCUT2D eigenvalue weighted by Crippen LogP contribution is -2.55. The molecule has 4 atom stereocenters. The highest BCUT2D eigenvalue weighted by atomic mass is 16.4. The molecule has 1 saturated carbocycles. The molecule has 0 aromatic heterocycles. The van der Waals surface area contributed by atoms with Gasteiger partial charge in [0.25, 0.3) is 5.91 Å². The molecule has 1 aliphatic carbocycles. The van der Waals surface area contributed by atoms with Crippen molar-refractivity contribution in [3.8, 4) is 0 Å². The van der Waals surface area contributed by atoms with Gasteiger partial charge in [0.05, 0.1) is 0 Å². The number of hydrogen-bond acceptors (Lipinski definition) is 6. The number of nitrogens with two attached hydrogens (primary N) is 1. The van der Waals surface area contributed by atoms with Crippen LogP contribution in [-0.4, -0.2) is 62.7 Å². The Bertz CT molecular complexity index is 345. The summed E-state index contributed by atoms with van der Waals surface area (Å²) in [6, 6.07) is -0.0729. The summed E-state index contributed by atoms with van der Waals surface area (Å²) in [5.74, 6) is -2.10. The third-order valence-corrected chi connectivity index (χ3v) is 3.51. The fraction of sp³-hybridized carbons (Fsp3) is 0.833. The van der Waals surface area contributed by atoms with Gasteiger partial charge in [-0.2, -0.15) is 0 Å². The molecular formula is C12H22N2O6. The topological polar surface area (TPSA) is 153 Å². The molecule has 1 rings (SSSR count). The Morgan fingerprint density at radius 3 is 1.95 bits per heavy atom. The summed E-state index contributed by atoms with van der Waals surface area (Å²) in [6.07, 6.45) is -3.38. The number of aliphatic hydroxyl groups is 4. The first-order valence-electron chi connectivity index (χ1n) is 6.66. The van der Waals surface area contributed by atoms with Gasteiger partial charge in [-0.3, -0.25) is 9.59 Å². The lowest BCUT2D eigenvalue weighted by Gasteiger charge is -2.27. The second-order valence-corrected chi connectivity index (χ2v) is 5.12. The van der Waals surface area contributed by atoms with E-state index in [1.807, 2.05) is 0 Å². The van der Waals surface area contributed by atoms with Gasteiger partial charge in [0.1, 0.15) is 12.2 Å². The Balaban J connectivity index is 2.51. The van der Waals surface area contributed by atoms with Crippen molar-refractivity contribution in [2.45, 2.75) is 62.6 Å². The monoisotopic (exact) mass is 290 g/mol. The smallest absolute Gasteiger partial charge is 0.251 e. The van der Waals surface area contributed by atoms with E-state index in [4.69, 9.17) is 5.73 Å². The fourth-order valence-electron chi connectivity index (χ4n) is 2.23. The van der Waals surface area contributed by atoms with E-state index in [1.165, 1.54) is 0 Å². The Hall–Kier alpha value is -1.22. The number of carbonyl (C=O) groups excluding carboxylic acids is 2. The lowest BCUT2D eigenvalue weighted by atomic mass is 9.95. The summed E-state index contributed by atoms with van der Waals surface area (Å²) in [4.78, 5) is 22.4. The highest BCUT2D eigenvalue weighted by Crippen LogP contribution is 2.17. The number of aliphatic hydroxyl groups excluding tert-OH is 4. The molecule has 0 aromatic rings. The molecular weight excluding hydrogens is 268 g/mol. The van der Waals surface area contributed by atoms with Crippen LogP contribution in [0.3, 0.4) is 0 Å². The van der Waals surface area contributed by atoms with Crippen molar-refractivity contribution in [3.05, 3.63) is 0 Å². The van der Waals surface area contributed by atoms with Crippen LogP contribution in [-0.2, 0) is 9.59 Å². The summed E-state index contributed by atoms with van der Waals surface area (Å²) in [5.41, 5.74) is 4.76. The van der Waals surface area contributed by atoms with Crippen molar-refractivity contribution in [1.29, 1.82) is 0 Å². The standard InChI is InChI=1S/C12H22N2O6/c13-11(19)9(17)7(15)8(16)10(18)12(20)14-6-4-2-1-3-5-6/h6-10,15-18H,1-5H2,(H2,13,19)(H,14,20)/t7-,8-,9-,10+/m0/s1. The van der Waals surface area contributed by atoms with Crippen LogP contribution in [0, 0.1) is 0 Å². The zero-order valence-corrected chi connectivity index (χ0v) is 11.1. The molecule has 0 aliphatic heterocycles. The van der Waals surface area contributed by atoms with Gasteiger partial charge in [0.2, 0.25) is 5.91 Å². The van der Waals surface area contributed by atoms with Gasteiger partial charge in [0.15, 0.2) is 12.2 Å². The molecule has 2 amide bonds. The van der Waals surface area contributed by atoms with Crippen molar-refractivity contribution in [1.82, 2.24) is 5.32 Å². The van der Waals surface area contributed by atoms with E-state index in [9.17, 15) is 30.0 Å². The average Bonchev–Trinajstić information content (AvgIpc) is 2.44. The van der Waals surface area contributed by atoms with Crippen LogP contribution in [0.2, 0.25) is 0 Å². The molecule has 0 heterocycles. The van der Waals surface area contributed by atoms with Gasteiger partial charge < -0.3 is 31.5 Å². The second-order valence-electron chi connectivity index (χ2n) is 5.12. The summed E-state index contributed by atoms with van der Waals surface area (Å²) in [7, 11) is 0. The molecule has 116 valence electrons. The number of rotatable bonds is 6.